The van der Waals surface area contributed by atoms with Gasteiger partial charge in [-0.05, 0) is 39.0 Å². The molecule has 0 aliphatic heterocycles. The van der Waals surface area contributed by atoms with Crippen molar-refractivity contribution in [1.29, 1.82) is 0 Å². The number of rotatable bonds is 9. The molecule has 36 heavy (non-hydrogen) atoms. The molecule has 0 bridgehead atoms. The van der Waals surface area contributed by atoms with Gasteiger partial charge in [0.15, 0.2) is 11.6 Å². The molecule has 0 radical (unpaired) electrons. The predicted octanol–water partition coefficient (Wildman–Crippen LogP) is 4.59. The normalized spacial score (nSPS) is 12.3. The van der Waals surface area contributed by atoms with Gasteiger partial charge in [0.1, 0.15) is 30.3 Å². The molecule has 0 amide bonds. The number of nitrogens with zero attached hydrogens (tertiary/aromatic N) is 3. The summed E-state index contributed by atoms with van der Waals surface area (Å²) in [6.07, 6.45) is 4.08. The molecule has 0 saturated heterocycles. The quantitative estimate of drug-likeness (QED) is 0.188. The number of carbonyl (C=O) groups excluding carboxylic acids is 2. The van der Waals surface area contributed by atoms with Crippen molar-refractivity contribution in [3.8, 4) is 17.4 Å². The van der Waals surface area contributed by atoms with E-state index >= 15 is 4.39 Å². The molecule has 0 fully saturated rings. The van der Waals surface area contributed by atoms with Gasteiger partial charge >= 0.3 is 5.97 Å². The second-order valence-electron chi connectivity index (χ2n) is 9.10. The average molecular weight is 540 g/mol. The van der Waals surface area contributed by atoms with E-state index in [1.807, 2.05) is 6.92 Å². The summed E-state index contributed by atoms with van der Waals surface area (Å²) < 4.78 is 33.7. The number of hydrogen-bond donors (Lipinski definition) is 1. The first-order valence-corrected chi connectivity index (χ1v) is 11.1. The summed E-state index contributed by atoms with van der Waals surface area (Å²) in [5, 5.41) is 4.62. The number of benzene rings is 1. The molecule has 3 aromatic heterocycles. The van der Waals surface area contributed by atoms with Gasteiger partial charge in [-0.3, -0.25) is 11.1 Å². The molecule has 0 aliphatic carbocycles. The SMILES string of the molecule is Cc1cc2c(F)c(Oc3ncnn4cc(OC[C@@H](C)OC(=O)C(C)(C)C[C-]=O)c(C)c34)ccc2[nH]1.[Ni]. The Labute approximate surface area is 217 Å². The van der Waals surface area contributed by atoms with Crippen molar-refractivity contribution in [3.05, 3.63) is 47.8 Å². The Morgan fingerprint density at radius 2 is 2.03 bits per heavy atom. The van der Waals surface area contributed by atoms with Gasteiger partial charge in [0.2, 0.25) is 5.88 Å². The summed E-state index contributed by atoms with van der Waals surface area (Å²) >= 11 is 0. The molecule has 0 spiro atoms. The van der Waals surface area contributed by atoms with E-state index in [1.54, 1.807) is 58.4 Å². The first-order chi connectivity index (χ1) is 16.6. The van der Waals surface area contributed by atoms with E-state index in [-0.39, 0.29) is 41.1 Å². The van der Waals surface area contributed by atoms with E-state index in [0.717, 1.165) is 5.69 Å². The molecule has 11 heteroatoms. The van der Waals surface area contributed by atoms with Crippen LogP contribution < -0.4 is 9.47 Å². The third-order valence-electron chi connectivity index (χ3n) is 5.64. The Hall–Kier alpha value is -3.46. The summed E-state index contributed by atoms with van der Waals surface area (Å²) in [4.78, 5) is 30.2. The van der Waals surface area contributed by atoms with Crippen molar-refractivity contribution in [2.45, 2.75) is 47.1 Å². The van der Waals surface area contributed by atoms with Gasteiger partial charge in [0, 0.05) is 44.1 Å². The third kappa shape index (κ3) is 5.36. The Morgan fingerprint density at radius 3 is 2.75 bits per heavy atom. The first kappa shape index (κ1) is 27.1. The van der Waals surface area contributed by atoms with Crippen LogP contribution in [0.25, 0.3) is 16.4 Å². The molecule has 1 aromatic carbocycles. The maximum absolute atomic E-state index is 15.0. The molecule has 194 valence electrons. The van der Waals surface area contributed by atoms with Gasteiger partial charge < -0.3 is 24.0 Å². The van der Waals surface area contributed by atoms with Crippen molar-refractivity contribution < 1.29 is 44.7 Å². The van der Waals surface area contributed by atoms with Crippen LogP contribution in [-0.2, 0) is 30.8 Å². The number of H-pyrrole nitrogens is 1. The number of ether oxygens (including phenoxy) is 3. The number of hydrogen-bond acceptors (Lipinski definition) is 7. The summed E-state index contributed by atoms with van der Waals surface area (Å²) in [7, 11) is 0. The van der Waals surface area contributed by atoms with Crippen LogP contribution in [0.1, 0.15) is 38.4 Å². The number of aromatic nitrogens is 4. The van der Waals surface area contributed by atoms with Gasteiger partial charge in [-0.2, -0.15) is 10.1 Å². The Kier molecular flexibility index (Phi) is 8.03. The van der Waals surface area contributed by atoms with Gasteiger partial charge in [-0.25, -0.2) is 8.91 Å². The summed E-state index contributed by atoms with van der Waals surface area (Å²) in [6, 6.07) is 5.01. The molecule has 1 atom stereocenters. The first-order valence-electron chi connectivity index (χ1n) is 11.1. The fourth-order valence-electron chi connectivity index (χ4n) is 3.63. The van der Waals surface area contributed by atoms with Crippen LogP contribution >= 0.6 is 0 Å². The maximum atomic E-state index is 15.0. The van der Waals surface area contributed by atoms with E-state index in [0.29, 0.717) is 27.7 Å². The van der Waals surface area contributed by atoms with Crippen LogP contribution in [-0.4, -0.2) is 44.5 Å². The molecule has 0 unspecified atom stereocenters. The van der Waals surface area contributed by atoms with Gasteiger partial charge in [-0.1, -0.05) is 13.8 Å². The van der Waals surface area contributed by atoms with Crippen LogP contribution in [0.15, 0.2) is 30.7 Å². The van der Waals surface area contributed by atoms with Crippen LogP contribution in [0.4, 0.5) is 4.39 Å². The topological polar surface area (TPSA) is 108 Å². The second kappa shape index (κ2) is 10.7. The summed E-state index contributed by atoms with van der Waals surface area (Å²) in [5.41, 5.74) is 1.75. The van der Waals surface area contributed by atoms with Crippen molar-refractivity contribution in [2.75, 3.05) is 6.61 Å². The largest absolute Gasteiger partial charge is 0.542 e. The van der Waals surface area contributed by atoms with Crippen LogP contribution in [0, 0.1) is 25.1 Å². The smallest absolute Gasteiger partial charge is 0.309 e. The third-order valence-corrected chi connectivity index (χ3v) is 5.64. The maximum Gasteiger partial charge on any atom is 0.309 e. The molecule has 9 nitrogen and oxygen atoms in total. The minimum Gasteiger partial charge on any atom is -0.542 e. The van der Waals surface area contributed by atoms with Crippen molar-refractivity contribution in [3.63, 3.8) is 0 Å². The Morgan fingerprint density at radius 1 is 1.28 bits per heavy atom. The van der Waals surface area contributed by atoms with E-state index < -0.39 is 23.3 Å². The zero-order valence-electron chi connectivity index (χ0n) is 20.5. The van der Waals surface area contributed by atoms with Crippen LogP contribution in [0.3, 0.4) is 0 Å². The number of carbonyl (C=O) groups is 1. The van der Waals surface area contributed by atoms with E-state index in [1.165, 1.54) is 10.8 Å². The van der Waals surface area contributed by atoms with Gasteiger partial charge in [0.05, 0.1) is 6.20 Å². The summed E-state index contributed by atoms with van der Waals surface area (Å²) in [5.74, 6) is -0.306. The van der Waals surface area contributed by atoms with Crippen molar-refractivity contribution in [1.82, 2.24) is 19.6 Å². The number of halogens is 1. The molecular formula is C25H26FN4NiO5-. The number of nitrogens with one attached hydrogen (secondary N) is 1. The Bertz CT molecular complexity index is 1410. The van der Waals surface area contributed by atoms with E-state index in [9.17, 15) is 9.59 Å². The van der Waals surface area contributed by atoms with Gasteiger partial charge in [0.25, 0.3) is 0 Å². The fraction of sp³-hybridized carbons (Fsp3) is 0.360. The van der Waals surface area contributed by atoms with Crippen LogP contribution in [0.2, 0.25) is 0 Å². The van der Waals surface area contributed by atoms with Crippen LogP contribution in [0.5, 0.6) is 17.4 Å². The zero-order chi connectivity index (χ0) is 25.3. The number of esters is 1. The number of fused-ring (bicyclic) bond motifs is 2. The fourth-order valence-corrected chi connectivity index (χ4v) is 3.63. The monoisotopic (exact) mass is 539 g/mol. The van der Waals surface area contributed by atoms with E-state index in [2.05, 4.69) is 15.1 Å². The van der Waals surface area contributed by atoms with Crippen molar-refractivity contribution >= 4 is 28.7 Å². The molecule has 0 saturated carbocycles. The Balaban J connectivity index is 0.00000361. The number of aryl methyl sites for hydroxylation is 2. The van der Waals surface area contributed by atoms with E-state index in [4.69, 9.17) is 14.2 Å². The average Bonchev–Trinajstić information content (AvgIpc) is 3.34. The van der Waals surface area contributed by atoms with Gasteiger partial charge in [-0.15, -0.1) is 6.42 Å². The number of aromatic amines is 1. The predicted molar refractivity (Wildman–Crippen MR) is 126 cm³/mol. The second-order valence-corrected chi connectivity index (χ2v) is 9.10. The van der Waals surface area contributed by atoms with Crippen molar-refractivity contribution in [2.24, 2.45) is 5.41 Å². The molecule has 1 N–H and O–H groups in total. The summed E-state index contributed by atoms with van der Waals surface area (Å²) in [6.45, 7) is 8.67. The minimum absolute atomic E-state index is 0. The molecule has 4 rings (SSSR count). The minimum atomic E-state index is -0.962. The molecule has 3 heterocycles. The standard InChI is InChI=1S/C25H26FN4O5.Ni/c1-14-10-17-18(29-14)6-7-19(21(17)26)35-23-22-16(3)20(11-30(22)28-13-27-23)33-12-15(2)34-24(32)25(4,5)8-9-31;/h6-7,10-11,13,15,29H,8,12H2,1-5H3;/q-1;/t15-;/m1./s1. The molecule has 4 aromatic rings. The molecule has 0 aliphatic rings. The molecular weight excluding hydrogens is 514 g/mol. The zero-order valence-corrected chi connectivity index (χ0v) is 21.4.